The molecule has 34 heavy (non-hydrogen) atoms. The molecule has 2 amide bonds. The van der Waals surface area contributed by atoms with E-state index < -0.39 is 30.1 Å². The van der Waals surface area contributed by atoms with Crippen molar-refractivity contribution in [3.05, 3.63) is 59.7 Å². The molecule has 0 bridgehead atoms. The molecule has 0 aromatic heterocycles. The summed E-state index contributed by atoms with van der Waals surface area (Å²) < 4.78 is 11.0. The Kier molecular flexibility index (Phi) is 7.17. The molecule has 4 unspecified atom stereocenters. The van der Waals surface area contributed by atoms with Crippen LogP contribution < -0.4 is 10.6 Å². The number of carbonyl (C=O) groups is 3. The Labute approximate surface area is 198 Å². The van der Waals surface area contributed by atoms with Crippen molar-refractivity contribution in [1.29, 1.82) is 0 Å². The van der Waals surface area contributed by atoms with Crippen LogP contribution >= 0.6 is 0 Å². The van der Waals surface area contributed by atoms with Gasteiger partial charge in [0.15, 0.2) is 6.10 Å². The molecule has 4 rings (SSSR count). The molecule has 8 heteroatoms. The first-order valence-electron chi connectivity index (χ1n) is 11.6. The second kappa shape index (κ2) is 10.3. The standard InChI is InChI=1S/C26H30N2O6/c1-15(24(29)27-13-17-11-12-23(34-17)25(30)31)16(2)28-26(32)33-14-22-20-9-5-3-7-18(20)19-8-4-6-10-21(19)22/h3-10,15-17,22-23H,11-14H2,1-2H3,(H,27,29)(H,28,32)(H,30,31). The summed E-state index contributed by atoms with van der Waals surface area (Å²) in [6, 6.07) is 15.8. The number of carboxylic acid groups (broad SMARTS) is 1. The minimum atomic E-state index is -0.983. The van der Waals surface area contributed by atoms with E-state index in [9.17, 15) is 14.4 Å². The third kappa shape index (κ3) is 5.07. The van der Waals surface area contributed by atoms with E-state index in [2.05, 4.69) is 34.9 Å². The largest absolute Gasteiger partial charge is 0.479 e. The zero-order valence-electron chi connectivity index (χ0n) is 19.3. The van der Waals surface area contributed by atoms with Crippen molar-refractivity contribution in [2.45, 2.75) is 50.9 Å². The zero-order chi connectivity index (χ0) is 24.2. The lowest BCUT2D eigenvalue weighted by Crippen LogP contribution is -2.45. The Bertz CT molecular complexity index is 1030. The molecule has 1 aliphatic heterocycles. The number of benzene rings is 2. The van der Waals surface area contributed by atoms with E-state index in [1.54, 1.807) is 13.8 Å². The van der Waals surface area contributed by atoms with E-state index in [1.807, 2.05) is 24.3 Å². The fourth-order valence-electron chi connectivity index (χ4n) is 4.59. The molecule has 1 aliphatic carbocycles. The van der Waals surface area contributed by atoms with Crippen molar-refractivity contribution in [3.63, 3.8) is 0 Å². The molecule has 1 heterocycles. The van der Waals surface area contributed by atoms with Crippen molar-refractivity contribution >= 4 is 18.0 Å². The first kappa shape index (κ1) is 23.8. The van der Waals surface area contributed by atoms with Crippen LogP contribution in [0.4, 0.5) is 4.79 Å². The first-order valence-corrected chi connectivity index (χ1v) is 11.6. The van der Waals surface area contributed by atoms with Gasteiger partial charge in [0.25, 0.3) is 0 Å². The van der Waals surface area contributed by atoms with Gasteiger partial charge in [-0.15, -0.1) is 0 Å². The molecule has 0 saturated carbocycles. The van der Waals surface area contributed by atoms with E-state index in [4.69, 9.17) is 14.6 Å². The van der Waals surface area contributed by atoms with E-state index in [0.29, 0.717) is 12.8 Å². The SMILES string of the molecule is CC(NC(=O)OCC1c2ccccc2-c2ccccc21)C(C)C(=O)NCC1CCC(C(=O)O)O1. The second-order valence-corrected chi connectivity index (χ2v) is 8.95. The van der Waals surface area contributed by atoms with Crippen LogP contribution in [0, 0.1) is 5.92 Å². The smallest absolute Gasteiger partial charge is 0.407 e. The number of hydrogen-bond donors (Lipinski definition) is 3. The minimum absolute atomic E-state index is 0.0322. The molecule has 4 atom stereocenters. The summed E-state index contributed by atoms with van der Waals surface area (Å²) in [7, 11) is 0. The Morgan fingerprint density at radius 3 is 2.24 bits per heavy atom. The summed E-state index contributed by atoms with van der Waals surface area (Å²) in [5, 5.41) is 14.5. The van der Waals surface area contributed by atoms with Gasteiger partial charge in [-0.2, -0.15) is 0 Å². The van der Waals surface area contributed by atoms with Gasteiger partial charge < -0.3 is 25.2 Å². The number of amides is 2. The molecule has 2 aromatic carbocycles. The Balaban J connectivity index is 1.25. The van der Waals surface area contributed by atoms with E-state index in [-0.39, 0.29) is 31.1 Å². The maximum Gasteiger partial charge on any atom is 0.407 e. The van der Waals surface area contributed by atoms with Crippen molar-refractivity contribution < 1.29 is 29.0 Å². The van der Waals surface area contributed by atoms with E-state index in [0.717, 1.165) is 22.3 Å². The van der Waals surface area contributed by atoms with Crippen molar-refractivity contribution in [1.82, 2.24) is 10.6 Å². The van der Waals surface area contributed by atoms with Gasteiger partial charge >= 0.3 is 12.1 Å². The first-order chi connectivity index (χ1) is 16.3. The van der Waals surface area contributed by atoms with Crippen LogP contribution in [0.15, 0.2) is 48.5 Å². The van der Waals surface area contributed by atoms with E-state index in [1.165, 1.54) is 0 Å². The van der Waals surface area contributed by atoms with Crippen LogP contribution in [0.1, 0.15) is 43.7 Å². The zero-order valence-corrected chi connectivity index (χ0v) is 19.3. The second-order valence-electron chi connectivity index (χ2n) is 8.95. The monoisotopic (exact) mass is 466 g/mol. The molecule has 8 nitrogen and oxygen atoms in total. The highest BCUT2D eigenvalue weighted by atomic mass is 16.5. The number of carbonyl (C=O) groups excluding carboxylic acids is 2. The molecule has 3 N–H and O–H groups in total. The number of rotatable bonds is 8. The number of carboxylic acids is 1. The summed E-state index contributed by atoms with van der Waals surface area (Å²) >= 11 is 0. The molecular formula is C26H30N2O6. The highest BCUT2D eigenvalue weighted by Gasteiger charge is 2.32. The lowest BCUT2D eigenvalue weighted by molar-refractivity contribution is -0.149. The third-order valence-corrected chi connectivity index (χ3v) is 6.74. The average Bonchev–Trinajstić information content (AvgIpc) is 3.44. The highest BCUT2D eigenvalue weighted by molar-refractivity contribution is 5.80. The fraction of sp³-hybridized carbons (Fsp3) is 0.423. The van der Waals surface area contributed by atoms with Crippen LogP contribution in [0.25, 0.3) is 11.1 Å². The number of nitrogens with one attached hydrogen (secondary N) is 2. The summed E-state index contributed by atoms with van der Waals surface area (Å²) in [6.45, 7) is 3.92. The lowest BCUT2D eigenvalue weighted by Gasteiger charge is -2.22. The van der Waals surface area contributed by atoms with Gasteiger partial charge in [-0.25, -0.2) is 9.59 Å². The van der Waals surface area contributed by atoms with Crippen LogP contribution in [-0.2, 0) is 19.1 Å². The summed E-state index contributed by atoms with van der Waals surface area (Å²) in [4.78, 5) is 36.0. The highest BCUT2D eigenvalue weighted by Crippen LogP contribution is 2.44. The van der Waals surface area contributed by atoms with Crippen LogP contribution in [-0.4, -0.2) is 54.5 Å². The Hall–Kier alpha value is -3.39. The quantitative estimate of drug-likeness (QED) is 0.550. The van der Waals surface area contributed by atoms with Gasteiger partial charge in [-0.3, -0.25) is 4.79 Å². The lowest BCUT2D eigenvalue weighted by atomic mass is 9.98. The Morgan fingerprint density at radius 2 is 1.65 bits per heavy atom. The van der Waals surface area contributed by atoms with Gasteiger partial charge in [0.1, 0.15) is 6.61 Å². The molecule has 0 spiro atoms. The minimum Gasteiger partial charge on any atom is -0.479 e. The van der Waals surface area contributed by atoms with Crippen LogP contribution in [0.2, 0.25) is 0 Å². The maximum atomic E-state index is 12.5. The average molecular weight is 467 g/mol. The number of ether oxygens (including phenoxy) is 2. The van der Waals surface area contributed by atoms with Crippen molar-refractivity contribution in [2.75, 3.05) is 13.2 Å². The third-order valence-electron chi connectivity index (χ3n) is 6.74. The predicted molar refractivity (Wildman–Crippen MR) is 125 cm³/mol. The fourth-order valence-corrected chi connectivity index (χ4v) is 4.59. The maximum absolute atomic E-state index is 12.5. The summed E-state index contributed by atoms with van der Waals surface area (Å²) in [5.74, 6) is -1.76. The topological polar surface area (TPSA) is 114 Å². The summed E-state index contributed by atoms with van der Waals surface area (Å²) in [6.07, 6.45) is -0.682. The van der Waals surface area contributed by atoms with Crippen LogP contribution in [0.3, 0.4) is 0 Å². The number of hydrogen-bond acceptors (Lipinski definition) is 5. The predicted octanol–water partition coefficient (Wildman–Crippen LogP) is 3.30. The molecular weight excluding hydrogens is 436 g/mol. The van der Waals surface area contributed by atoms with Gasteiger partial charge in [0, 0.05) is 18.5 Å². The van der Waals surface area contributed by atoms with Gasteiger partial charge in [0.05, 0.1) is 12.0 Å². The van der Waals surface area contributed by atoms with Gasteiger partial charge in [-0.1, -0.05) is 55.5 Å². The van der Waals surface area contributed by atoms with Crippen molar-refractivity contribution in [3.8, 4) is 11.1 Å². The van der Waals surface area contributed by atoms with E-state index >= 15 is 0 Å². The molecule has 180 valence electrons. The molecule has 0 radical (unpaired) electrons. The normalized spacial score (nSPS) is 20.6. The van der Waals surface area contributed by atoms with Crippen molar-refractivity contribution in [2.24, 2.45) is 5.92 Å². The van der Waals surface area contributed by atoms with Crippen LogP contribution in [0.5, 0.6) is 0 Å². The molecule has 2 aromatic rings. The number of alkyl carbamates (subject to hydrolysis) is 1. The molecule has 1 fully saturated rings. The summed E-state index contributed by atoms with van der Waals surface area (Å²) in [5.41, 5.74) is 4.59. The number of aliphatic carboxylic acids is 1. The Morgan fingerprint density at radius 1 is 1.03 bits per heavy atom. The van der Waals surface area contributed by atoms with Gasteiger partial charge in [-0.05, 0) is 42.0 Å². The molecule has 2 aliphatic rings. The van der Waals surface area contributed by atoms with Gasteiger partial charge in [0.2, 0.25) is 5.91 Å². The number of fused-ring (bicyclic) bond motifs is 3. The molecule has 1 saturated heterocycles.